The summed E-state index contributed by atoms with van der Waals surface area (Å²) in [5.41, 5.74) is 5.97. The van der Waals surface area contributed by atoms with Gasteiger partial charge in [0.05, 0.1) is 13.2 Å². The third kappa shape index (κ3) is 4.38. The number of aliphatic hydroxyl groups is 2. The molecule has 7 nitrogen and oxygen atoms in total. The highest BCUT2D eigenvalue weighted by atomic mass is 16.5. The van der Waals surface area contributed by atoms with Crippen molar-refractivity contribution in [1.29, 1.82) is 0 Å². The van der Waals surface area contributed by atoms with Gasteiger partial charge in [-0.3, -0.25) is 4.79 Å². The van der Waals surface area contributed by atoms with Crippen molar-refractivity contribution in [2.75, 3.05) is 19.4 Å². The molecule has 2 atom stereocenters. The van der Waals surface area contributed by atoms with E-state index in [9.17, 15) is 15.0 Å². The normalized spacial score (nSPS) is 13.7. The summed E-state index contributed by atoms with van der Waals surface area (Å²) in [6.45, 7) is 1.67. The average Bonchev–Trinajstić information content (AvgIpc) is 2.38. The van der Waals surface area contributed by atoms with Crippen LogP contribution in [-0.4, -0.2) is 40.9 Å². The fourth-order valence-electron chi connectivity index (χ4n) is 1.57. The number of aromatic nitrogens is 1. The van der Waals surface area contributed by atoms with Gasteiger partial charge in [0.1, 0.15) is 6.10 Å². The number of amides is 1. The smallest absolute Gasteiger partial charge is 0.216 e. The largest absolute Gasteiger partial charge is 0.493 e. The van der Waals surface area contributed by atoms with E-state index in [0.29, 0.717) is 11.3 Å². The fraction of sp³-hybridized carbons (Fsp3) is 0.500. The molecule has 0 aliphatic heterocycles. The molecule has 5 N–H and O–H groups in total. The molecule has 1 heterocycles. The average molecular weight is 269 g/mol. The van der Waals surface area contributed by atoms with Crippen molar-refractivity contribution in [3.05, 3.63) is 17.8 Å². The van der Waals surface area contributed by atoms with E-state index in [-0.39, 0.29) is 24.7 Å². The maximum absolute atomic E-state index is 10.7. The third-order valence-electron chi connectivity index (χ3n) is 2.64. The number of ether oxygens (including phenoxy) is 1. The number of methoxy groups -OCH3 is 1. The summed E-state index contributed by atoms with van der Waals surface area (Å²) in [7, 11) is 1.44. The van der Waals surface area contributed by atoms with Crippen molar-refractivity contribution >= 4 is 11.7 Å². The monoisotopic (exact) mass is 269 g/mol. The van der Waals surface area contributed by atoms with Crippen LogP contribution in [0.25, 0.3) is 0 Å². The molecule has 7 heteroatoms. The molecule has 0 aliphatic carbocycles. The molecular formula is C12H19N3O4. The first-order valence-corrected chi connectivity index (χ1v) is 5.85. The van der Waals surface area contributed by atoms with Crippen molar-refractivity contribution in [3.63, 3.8) is 0 Å². The summed E-state index contributed by atoms with van der Waals surface area (Å²) in [5, 5.41) is 22.3. The lowest BCUT2D eigenvalue weighted by molar-refractivity contribution is -0.119. The van der Waals surface area contributed by atoms with Gasteiger partial charge in [0.2, 0.25) is 5.91 Å². The fourth-order valence-corrected chi connectivity index (χ4v) is 1.57. The molecule has 0 spiro atoms. The van der Waals surface area contributed by atoms with E-state index >= 15 is 0 Å². The molecule has 0 fully saturated rings. The summed E-state index contributed by atoms with van der Waals surface area (Å²) in [4.78, 5) is 14.6. The molecule has 0 radical (unpaired) electrons. The molecule has 1 aromatic rings. The number of nitrogens with one attached hydrogen (secondary N) is 1. The highest BCUT2D eigenvalue weighted by molar-refractivity contribution is 5.72. The van der Waals surface area contributed by atoms with E-state index in [1.807, 2.05) is 0 Å². The Hall–Kier alpha value is -1.86. The third-order valence-corrected chi connectivity index (χ3v) is 2.64. The predicted molar refractivity (Wildman–Crippen MR) is 69.5 cm³/mol. The standard InChI is InChI=1S/C12H19N3O4/c1-7(16)14-4-3-9(17)11(18)8-5-10(19-2)12(13)15-6-8/h5-6,9,11,17-18H,3-4H2,1-2H3,(H2,13,15)(H,14,16). The molecular weight excluding hydrogens is 250 g/mol. The summed E-state index contributed by atoms with van der Waals surface area (Å²) >= 11 is 0. The zero-order valence-electron chi connectivity index (χ0n) is 11.0. The molecule has 1 rings (SSSR count). The first-order chi connectivity index (χ1) is 8.95. The van der Waals surface area contributed by atoms with Crippen molar-refractivity contribution in [2.45, 2.75) is 25.6 Å². The molecule has 0 saturated carbocycles. The minimum absolute atomic E-state index is 0.183. The number of carbonyl (C=O) groups excluding carboxylic acids is 1. The van der Waals surface area contributed by atoms with Crippen LogP contribution >= 0.6 is 0 Å². The Morgan fingerprint density at radius 3 is 2.84 bits per heavy atom. The summed E-state index contributed by atoms with van der Waals surface area (Å²) < 4.78 is 4.99. The van der Waals surface area contributed by atoms with Crippen LogP contribution in [0.4, 0.5) is 5.82 Å². The second kappa shape index (κ2) is 6.91. The Kier molecular flexibility index (Phi) is 5.53. The lowest BCUT2D eigenvalue weighted by atomic mass is 10.0. The van der Waals surface area contributed by atoms with Gasteiger partial charge in [-0.2, -0.15) is 0 Å². The maximum atomic E-state index is 10.7. The van der Waals surface area contributed by atoms with Crippen LogP contribution < -0.4 is 15.8 Å². The highest BCUT2D eigenvalue weighted by Gasteiger charge is 2.19. The zero-order chi connectivity index (χ0) is 14.4. The number of rotatable bonds is 6. The van der Waals surface area contributed by atoms with Crippen LogP contribution in [0, 0.1) is 0 Å². The van der Waals surface area contributed by atoms with Crippen LogP contribution in [0.15, 0.2) is 12.3 Å². The van der Waals surface area contributed by atoms with Gasteiger partial charge in [0.25, 0.3) is 0 Å². The maximum Gasteiger partial charge on any atom is 0.216 e. The Labute approximate surface area is 111 Å². The van der Waals surface area contributed by atoms with Crippen LogP contribution in [0.3, 0.4) is 0 Å². The van der Waals surface area contributed by atoms with Gasteiger partial charge < -0.3 is 26.0 Å². The van der Waals surface area contributed by atoms with E-state index in [4.69, 9.17) is 10.5 Å². The van der Waals surface area contributed by atoms with E-state index in [2.05, 4.69) is 10.3 Å². The number of carbonyl (C=O) groups is 1. The van der Waals surface area contributed by atoms with Gasteiger partial charge in [-0.1, -0.05) is 0 Å². The molecule has 0 aliphatic rings. The zero-order valence-corrected chi connectivity index (χ0v) is 11.0. The van der Waals surface area contributed by atoms with Gasteiger partial charge in [0, 0.05) is 25.2 Å². The molecule has 106 valence electrons. The Bertz CT molecular complexity index is 439. The Balaban J connectivity index is 2.65. The first kappa shape index (κ1) is 15.2. The van der Waals surface area contributed by atoms with Gasteiger partial charge in [0.15, 0.2) is 11.6 Å². The van der Waals surface area contributed by atoms with Crippen LogP contribution in [0.2, 0.25) is 0 Å². The SMILES string of the molecule is COc1cc(C(O)C(O)CCNC(C)=O)cnc1N. The van der Waals surface area contributed by atoms with Gasteiger partial charge >= 0.3 is 0 Å². The molecule has 0 aromatic carbocycles. The molecule has 0 saturated heterocycles. The number of hydrogen-bond acceptors (Lipinski definition) is 6. The topological polar surface area (TPSA) is 118 Å². The van der Waals surface area contributed by atoms with Gasteiger partial charge in [-0.15, -0.1) is 0 Å². The van der Waals surface area contributed by atoms with Crippen LogP contribution in [-0.2, 0) is 4.79 Å². The van der Waals surface area contributed by atoms with E-state index in [0.717, 1.165) is 0 Å². The van der Waals surface area contributed by atoms with Crippen LogP contribution in [0.5, 0.6) is 5.75 Å². The molecule has 1 amide bonds. The molecule has 0 bridgehead atoms. The lowest BCUT2D eigenvalue weighted by Crippen LogP contribution is -2.27. The van der Waals surface area contributed by atoms with E-state index in [1.165, 1.54) is 26.3 Å². The van der Waals surface area contributed by atoms with Crippen molar-refractivity contribution in [1.82, 2.24) is 10.3 Å². The minimum Gasteiger partial charge on any atom is -0.493 e. The second-order valence-corrected chi connectivity index (χ2v) is 4.14. The Morgan fingerprint density at radius 2 is 2.26 bits per heavy atom. The number of hydrogen-bond donors (Lipinski definition) is 4. The quantitative estimate of drug-likeness (QED) is 0.558. The number of nitrogens with two attached hydrogens (primary N) is 1. The number of nitrogen functional groups attached to an aromatic ring is 1. The van der Waals surface area contributed by atoms with Crippen molar-refractivity contribution < 1.29 is 19.7 Å². The molecule has 1 aromatic heterocycles. The number of nitrogens with zero attached hydrogens (tertiary/aromatic N) is 1. The second-order valence-electron chi connectivity index (χ2n) is 4.14. The number of pyridine rings is 1. The van der Waals surface area contributed by atoms with Gasteiger partial charge in [-0.05, 0) is 12.5 Å². The van der Waals surface area contributed by atoms with E-state index in [1.54, 1.807) is 0 Å². The molecule has 19 heavy (non-hydrogen) atoms. The van der Waals surface area contributed by atoms with Gasteiger partial charge in [-0.25, -0.2) is 4.98 Å². The summed E-state index contributed by atoms with van der Waals surface area (Å²) in [5.74, 6) is 0.370. The summed E-state index contributed by atoms with van der Waals surface area (Å²) in [6.07, 6.45) is -0.518. The predicted octanol–water partition coefficient (Wildman–Crippen LogP) is -0.407. The van der Waals surface area contributed by atoms with Crippen molar-refractivity contribution in [3.8, 4) is 5.75 Å². The van der Waals surface area contributed by atoms with Crippen LogP contribution in [0.1, 0.15) is 25.0 Å². The number of aliphatic hydroxyl groups excluding tert-OH is 2. The first-order valence-electron chi connectivity index (χ1n) is 5.85. The Morgan fingerprint density at radius 1 is 1.58 bits per heavy atom. The lowest BCUT2D eigenvalue weighted by Gasteiger charge is -2.18. The van der Waals surface area contributed by atoms with E-state index < -0.39 is 12.2 Å². The molecule has 2 unspecified atom stereocenters. The highest BCUT2D eigenvalue weighted by Crippen LogP contribution is 2.25. The number of anilines is 1. The summed E-state index contributed by atoms with van der Waals surface area (Å²) in [6, 6.07) is 1.52. The van der Waals surface area contributed by atoms with Crippen molar-refractivity contribution in [2.24, 2.45) is 0 Å². The minimum atomic E-state index is -1.12.